The van der Waals surface area contributed by atoms with Crippen LogP contribution >= 0.6 is 0 Å². The van der Waals surface area contributed by atoms with Gasteiger partial charge >= 0.3 is 0 Å². The van der Waals surface area contributed by atoms with Gasteiger partial charge < -0.3 is 20.4 Å². The Morgan fingerprint density at radius 2 is 1.79 bits per heavy atom. The van der Waals surface area contributed by atoms with Crippen molar-refractivity contribution in [1.29, 1.82) is 0 Å². The summed E-state index contributed by atoms with van der Waals surface area (Å²) in [5.74, 6) is 2.08. The lowest BCUT2D eigenvalue weighted by atomic mass is 10.0. The number of aromatic nitrogens is 3. The van der Waals surface area contributed by atoms with Gasteiger partial charge in [-0.05, 0) is 70.0 Å². The number of fused-ring (bicyclic) bond motifs is 1. The Morgan fingerprint density at radius 1 is 1.03 bits per heavy atom. The number of pyridine rings is 1. The maximum Gasteiger partial charge on any atom is 0.250 e. The fraction of sp³-hybridized carbons (Fsp3) is 0.296. The van der Waals surface area contributed by atoms with Crippen LogP contribution in [0.2, 0.25) is 0 Å². The monoisotopic (exact) mass is 457 g/mol. The van der Waals surface area contributed by atoms with Gasteiger partial charge in [0.1, 0.15) is 17.4 Å². The van der Waals surface area contributed by atoms with Gasteiger partial charge in [-0.25, -0.2) is 9.97 Å². The van der Waals surface area contributed by atoms with E-state index in [1.54, 1.807) is 17.7 Å². The summed E-state index contributed by atoms with van der Waals surface area (Å²) in [6, 6.07) is 13.4. The van der Waals surface area contributed by atoms with E-state index in [9.17, 15) is 4.79 Å². The van der Waals surface area contributed by atoms with Crippen molar-refractivity contribution in [3.8, 4) is 16.9 Å². The Labute approximate surface area is 199 Å². The van der Waals surface area contributed by atoms with Crippen molar-refractivity contribution in [3.63, 3.8) is 0 Å². The molecule has 0 aliphatic heterocycles. The molecular formula is C27H31N5O2. The van der Waals surface area contributed by atoms with Gasteiger partial charge in [0.25, 0.3) is 5.56 Å². The maximum absolute atomic E-state index is 12.3. The first-order chi connectivity index (χ1) is 16.2. The van der Waals surface area contributed by atoms with Gasteiger partial charge in [-0.3, -0.25) is 4.79 Å². The van der Waals surface area contributed by atoms with E-state index in [1.807, 2.05) is 64.2 Å². The predicted molar refractivity (Wildman–Crippen MR) is 139 cm³/mol. The molecule has 0 fully saturated rings. The number of nitrogens with one attached hydrogen (secondary N) is 1. The number of nitrogens with zero attached hydrogens (tertiary/aromatic N) is 3. The van der Waals surface area contributed by atoms with E-state index < -0.39 is 0 Å². The second-order valence-electron chi connectivity index (χ2n) is 8.99. The molecular weight excluding hydrogens is 426 g/mol. The molecule has 0 saturated heterocycles. The zero-order valence-electron chi connectivity index (χ0n) is 20.5. The second kappa shape index (κ2) is 9.17. The number of anilines is 2. The van der Waals surface area contributed by atoms with Crippen LogP contribution in [0, 0.1) is 13.8 Å². The van der Waals surface area contributed by atoms with Crippen LogP contribution in [0.1, 0.15) is 49.8 Å². The fourth-order valence-electron chi connectivity index (χ4n) is 4.23. The summed E-state index contributed by atoms with van der Waals surface area (Å²) in [5.41, 5.74) is 11.5. The third kappa shape index (κ3) is 4.59. The van der Waals surface area contributed by atoms with Crippen LogP contribution in [-0.2, 0) is 0 Å². The molecule has 0 saturated carbocycles. The molecule has 7 heteroatoms. The van der Waals surface area contributed by atoms with Gasteiger partial charge in [-0.15, -0.1) is 0 Å². The third-order valence-electron chi connectivity index (χ3n) is 5.91. The quantitative estimate of drug-likeness (QED) is 0.375. The summed E-state index contributed by atoms with van der Waals surface area (Å²) >= 11 is 0. The van der Waals surface area contributed by atoms with Crippen molar-refractivity contribution >= 4 is 22.4 Å². The van der Waals surface area contributed by atoms with E-state index in [2.05, 4.69) is 23.3 Å². The Bertz CT molecular complexity index is 1400. The molecule has 3 N–H and O–H groups in total. The second-order valence-corrected chi connectivity index (χ2v) is 8.99. The van der Waals surface area contributed by atoms with Crippen molar-refractivity contribution in [3.05, 3.63) is 76.0 Å². The van der Waals surface area contributed by atoms with Crippen LogP contribution in [0.25, 0.3) is 22.0 Å². The molecule has 2 aromatic carbocycles. The highest BCUT2D eigenvalue weighted by Gasteiger charge is 2.16. The van der Waals surface area contributed by atoms with Crippen molar-refractivity contribution in [2.24, 2.45) is 0 Å². The minimum atomic E-state index is -0.0360. The third-order valence-corrected chi connectivity index (χ3v) is 5.91. The number of nitrogens with two attached hydrogens (primary N) is 1. The maximum atomic E-state index is 12.3. The van der Waals surface area contributed by atoms with Gasteiger partial charge in [0.2, 0.25) is 0 Å². The summed E-state index contributed by atoms with van der Waals surface area (Å²) < 4.78 is 7.43. The Morgan fingerprint density at radius 3 is 2.47 bits per heavy atom. The molecule has 7 nitrogen and oxygen atoms in total. The Balaban J connectivity index is 1.86. The summed E-state index contributed by atoms with van der Waals surface area (Å²) in [6.45, 7) is 9.97. The van der Waals surface area contributed by atoms with Crippen molar-refractivity contribution < 1.29 is 4.74 Å². The van der Waals surface area contributed by atoms with Crippen LogP contribution in [0.3, 0.4) is 0 Å². The van der Waals surface area contributed by atoms with Crippen LogP contribution in [0.15, 0.2) is 53.5 Å². The minimum absolute atomic E-state index is 0.0203. The lowest BCUT2D eigenvalue weighted by Crippen LogP contribution is -2.20. The number of ether oxygens (including phenoxy) is 1. The molecule has 34 heavy (non-hydrogen) atoms. The molecule has 2 heterocycles. The summed E-state index contributed by atoms with van der Waals surface area (Å²) in [5, 5.41) is 4.42. The zero-order valence-corrected chi connectivity index (χ0v) is 20.5. The van der Waals surface area contributed by atoms with E-state index in [1.165, 1.54) is 0 Å². The largest absolute Gasteiger partial charge is 0.496 e. The number of aryl methyl sites for hydroxylation is 2. The highest BCUT2D eigenvalue weighted by molar-refractivity contribution is 5.95. The minimum Gasteiger partial charge on any atom is -0.496 e. The topological polar surface area (TPSA) is 95.1 Å². The van der Waals surface area contributed by atoms with Crippen molar-refractivity contribution in [2.75, 3.05) is 18.2 Å². The normalized spacial score (nSPS) is 12.2. The Hall–Kier alpha value is -3.87. The fourth-order valence-corrected chi connectivity index (χ4v) is 4.23. The van der Waals surface area contributed by atoms with Gasteiger partial charge in [-0.2, -0.15) is 0 Å². The van der Waals surface area contributed by atoms with Crippen molar-refractivity contribution in [2.45, 2.75) is 46.7 Å². The number of nitrogen functional groups attached to an aromatic ring is 1. The summed E-state index contributed by atoms with van der Waals surface area (Å²) in [4.78, 5) is 21.7. The molecule has 0 aliphatic carbocycles. The lowest BCUT2D eigenvalue weighted by Gasteiger charge is -2.19. The molecule has 0 amide bonds. The van der Waals surface area contributed by atoms with Gasteiger partial charge in [0, 0.05) is 46.6 Å². The number of benzene rings is 2. The summed E-state index contributed by atoms with van der Waals surface area (Å²) in [6.07, 6.45) is 1.87. The summed E-state index contributed by atoms with van der Waals surface area (Å²) in [7, 11) is 1.64. The standard InChI is InChI=1S/C27H31N5O2/c1-15(2)32-14-19(7-8-26(32)33)22-12-23-24(13-25(22)34-6)30-18(5)31-27(23)29-17(4)20-9-16(3)10-21(28)11-20/h7-15,17H,28H2,1-6H3,(H,29,30,31)/t17-/m1/s1. The average Bonchev–Trinajstić information content (AvgIpc) is 2.77. The van der Waals surface area contributed by atoms with E-state index in [4.69, 9.17) is 15.5 Å². The van der Waals surface area contributed by atoms with Crippen molar-refractivity contribution in [1.82, 2.24) is 14.5 Å². The van der Waals surface area contributed by atoms with E-state index >= 15 is 0 Å². The molecule has 176 valence electrons. The first-order valence-electron chi connectivity index (χ1n) is 11.4. The van der Waals surface area contributed by atoms with Gasteiger partial charge in [0.05, 0.1) is 18.7 Å². The SMILES string of the molecule is COc1cc2nc(C)nc(N[C@H](C)c3cc(C)cc(N)c3)c2cc1-c1ccc(=O)n(C(C)C)c1. The van der Waals surface area contributed by atoms with Crippen LogP contribution < -0.4 is 21.3 Å². The highest BCUT2D eigenvalue weighted by atomic mass is 16.5. The average molecular weight is 458 g/mol. The number of rotatable bonds is 6. The molecule has 0 aliphatic rings. The highest BCUT2D eigenvalue weighted by Crippen LogP contribution is 2.36. The molecule has 0 unspecified atom stereocenters. The predicted octanol–water partition coefficient (Wildman–Crippen LogP) is 5.42. The zero-order chi connectivity index (χ0) is 24.6. The number of methoxy groups -OCH3 is 1. The van der Waals surface area contributed by atoms with E-state index in [0.717, 1.165) is 44.7 Å². The molecule has 4 aromatic rings. The molecule has 0 spiro atoms. The van der Waals surface area contributed by atoms with Crippen LogP contribution in [0.4, 0.5) is 11.5 Å². The molecule has 0 radical (unpaired) electrons. The number of hydrogen-bond acceptors (Lipinski definition) is 6. The van der Waals surface area contributed by atoms with Gasteiger partial charge in [0.15, 0.2) is 0 Å². The van der Waals surface area contributed by atoms with Crippen LogP contribution in [-0.4, -0.2) is 21.6 Å². The molecule has 4 rings (SSSR count). The molecule has 1 atom stereocenters. The molecule has 2 aromatic heterocycles. The Kier molecular flexibility index (Phi) is 6.28. The lowest BCUT2D eigenvalue weighted by molar-refractivity contribution is 0.417. The van der Waals surface area contributed by atoms with Gasteiger partial charge in [-0.1, -0.05) is 6.07 Å². The van der Waals surface area contributed by atoms with E-state index in [0.29, 0.717) is 11.6 Å². The van der Waals surface area contributed by atoms with Crippen LogP contribution in [0.5, 0.6) is 5.75 Å². The number of hydrogen-bond donors (Lipinski definition) is 2. The van der Waals surface area contributed by atoms with E-state index in [-0.39, 0.29) is 17.6 Å². The molecule has 0 bridgehead atoms. The first-order valence-corrected chi connectivity index (χ1v) is 11.4. The smallest absolute Gasteiger partial charge is 0.250 e. The first kappa shape index (κ1) is 23.3.